The second kappa shape index (κ2) is 7.24. The predicted octanol–water partition coefficient (Wildman–Crippen LogP) is 4.95. The molecule has 1 saturated heterocycles. The quantitative estimate of drug-likeness (QED) is 0.797. The van der Waals surface area contributed by atoms with Gasteiger partial charge in [0.1, 0.15) is 0 Å². The number of carbonyl (C=O) groups excluding carboxylic acids is 2. The number of amides is 2. The Balaban J connectivity index is 1.74. The van der Waals surface area contributed by atoms with Crippen LogP contribution in [-0.4, -0.2) is 18.4 Å². The van der Waals surface area contributed by atoms with Crippen LogP contribution in [0.1, 0.15) is 12.0 Å². The number of anilines is 2. The number of rotatable bonds is 3. The standard InChI is InChI=1S/C18H15Cl3N2O2/c1-10-2-4-13(8-15(10)21)22-18(25)11-6-17(24)23(9-11)16-7-12(19)3-5-14(16)20/h2-5,7-8,11H,6,9H2,1H3,(H,22,25)/t11-/m0/s1. The third-order valence-electron chi connectivity index (χ3n) is 4.13. The molecule has 0 unspecified atom stereocenters. The SMILES string of the molecule is Cc1ccc(NC(=O)[C@H]2CC(=O)N(c3cc(Cl)ccc3Cl)C2)cc1Cl. The van der Waals surface area contributed by atoms with E-state index in [1.54, 1.807) is 30.3 Å². The third-order valence-corrected chi connectivity index (χ3v) is 5.10. The first-order valence-electron chi connectivity index (χ1n) is 7.67. The van der Waals surface area contributed by atoms with Crippen LogP contribution in [-0.2, 0) is 9.59 Å². The molecule has 0 spiro atoms. The molecule has 1 aliphatic rings. The molecule has 0 aromatic heterocycles. The fourth-order valence-electron chi connectivity index (χ4n) is 2.72. The van der Waals surface area contributed by atoms with Gasteiger partial charge in [0.15, 0.2) is 0 Å². The number of halogens is 3. The maximum atomic E-state index is 12.5. The molecule has 4 nitrogen and oxygen atoms in total. The molecule has 2 amide bonds. The molecule has 0 bridgehead atoms. The van der Waals surface area contributed by atoms with Crippen molar-refractivity contribution in [3.8, 4) is 0 Å². The van der Waals surface area contributed by atoms with E-state index >= 15 is 0 Å². The van der Waals surface area contributed by atoms with Crippen LogP contribution in [0.3, 0.4) is 0 Å². The number of nitrogens with one attached hydrogen (secondary N) is 1. The van der Waals surface area contributed by atoms with Crippen LogP contribution < -0.4 is 10.2 Å². The average Bonchev–Trinajstić information content (AvgIpc) is 2.95. The topological polar surface area (TPSA) is 49.4 Å². The lowest BCUT2D eigenvalue weighted by atomic mass is 10.1. The second-order valence-electron chi connectivity index (χ2n) is 5.95. The first-order chi connectivity index (χ1) is 11.8. The molecule has 1 heterocycles. The van der Waals surface area contributed by atoms with Gasteiger partial charge in [-0.1, -0.05) is 40.9 Å². The minimum atomic E-state index is -0.470. The Hall–Kier alpha value is -1.75. The molecule has 0 radical (unpaired) electrons. The van der Waals surface area contributed by atoms with Gasteiger partial charge in [0.2, 0.25) is 11.8 Å². The van der Waals surface area contributed by atoms with Crippen molar-refractivity contribution in [3.63, 3.8) is 0 Å². The highest BCUT2D eigenvalue weighted by Gasteiger charge is 2.36. The zero-order valence-electron chi connectivity index (χ0n) is 13.4. The van der Waals surface area contributed by atoms with Crippen LogP contribution in [0.2, 0.25) is 15.1 Å². The Kier molecular flexibility index (Phi) is 5.23. The molecule has 1 N–H and O–H groups in total. The fourth-order valence-corrected chi connectivity index (χ4v) is 3.29. The van der Waals surface area contributed by atoms with Gasteiger partial charge < -0.3 is 10.2 Å². The van der Waals surface area contributed by atoms with Crippen molar-refractivity contribution in [1.82, 2.24) is 0 Å². The van der Waals surface area contributed by atoms with Crippen molar-refractivity contribution in [3.05, 3.63) is 57.0 Å². The summed E-state index contributed by atoms with van der Waals surface area (Å²) in [6, 6.07) is 10.2. The van der Waals surface area contributed by atoms with E-state index in [1.807, 2.05) is 13.0 Å². The summed E-state index contributed by atoms with van der Waals surface area (Å²) in [6.45, 7) is 2.14. The fraction of sp³-hybridized carbons (Fsp3) is 0.222. The van der Waals surface area contributed by atoms with Gasteiger partial charge in [0, 0.05) is 28.7 Å². The van der Waals surface area contributed by atoms with Gasteiger partial charge >= 0.3 is 0 Å². The molecular weight excluding hydrogens is 383 g/mol. The molecular formula is C18H15Cl3N2O2. The summed E-state index contributed by atoms with van der Waals surface area (Å²) in [4.78, 5) is 26.3. The van der Waals surface area contributed by atoms with Gasteiger partial charge in [0.05, 0.1) is 16.6 Å². The summed E-state index contributed by atoms with van der Waals surface area (Å²) in [7, 11) is 0. The van der Waals surface area contributed by atoms with E-state index in [1.165, 1.54) is 4.90 Å². The van der Waals surface area contributed by atoms with Crippen molar-refractivity contribution in [1.29, 1.82) is 0 Å². The van der Waals surface area contributed by atoms with E-state index in [9.17, 15) is 9.59 Å². The number of hydrogen-bond acceptors (Lipinski definition) is 2. The molecule has 1 atom stereocenters. The van der Waals surface area contributed by atoms with Gasteiger partial charge in [-0.3, -0.25) is 9.59 Å². The Labute approximate surface area is 160 Å². The van der Waals surface area contributed by atoms with Crippen LogP contribution >= 0.6 is 34.8 Å². The zero-order valence-corrected chi connectivity index (χ0v) is 15.6. The molecule has 2 aromatic rings. The first-order valence-corrected chi connectivity index (χ1v) is 8.81. The van der Waals surface area contributed by atoms with Crippen LogP contribution in [0, 0.1) is 12.8 Å². The minimum Gasteiger partial charge on any atom is -0.326 e. The molecule has 3 rings (SSSR count). The zero-order chi connectivity index (χ0) is 18.1. The highest BCUT2D eigenvalue weighted by molar-refractivity contribution is 6.36. The third kappa shape index (κ3) is 3.92. The van der Waals surface area contributed by atoms with Gasteiger partial charge in [-0.25, -0.2) is 0 Å². The molecule has 0 aliphatic carbocycles. The number of nitrogens with zero attached hydrogens (tertiary/aromatic N) is 1. The maximum absolute atomic E-state index is 12.5. The van der Waals surface area contributed by atoms with E-state index in [0.29, 0.717) is 26.4 Å². The lowest BCUT2D eigenvalue weighted by molar-refractivity contribution is -0.122. The average molecular weight is 398 g/mol. The van der Waals surface area contributed by atoms with Crippen LogP contribution in [0.25, 0.3) is 0 Å². The molecule has 130 valence electrons. The monoisotopic (exact) mass is 396 g/mol. The Morgan fingerprint density at radius 2 is 1.88 bits per heavy atom. The van der Waals surface area contributed by atoms with Gasteiger partial charge in [-0.15, -0.1) is 0 Å². The number of carbonyl (C=O) groups is 2. The summed E-state index contributed by atoms with van der Waals surface area (Å²) in [5.74, 6) is -0.859. The summed E-state index contributed by atoms with van der Waals surface area (Å²) in [5, 5.41) is 4.29. The molecule has 1 fully saturated rings. The number of hydrogen-bond donors (Lipinski definition) is 1. The molecule has 2 aromatic carbocycles. The largest absolute Gasteiger partial charge is 0.326 e. The summed E-state index contributed by atoms with van der Waals surface area (Å²) in [6.07, 6.45) is 0.119. The summed E-state index contributed by atoms with van der Waals surface area (Å²) >= 11 is 18.2. The maximum Gasteiger partial charge on any atom is 0.229 e. The van der Waals surface area contributed by atoms with E-state index in [2.05, 4.69) is 5.32 Å². The van der Waals surface area contributed by atoms with Crippen molar-refractivity contribution >= 4 is 58.0 Å². The summed E-state index contributed by atoms with van der Waals surface area (Å²) < 4.78 is 0. The molecule has 7 heteroatoms. The number of aryl methyl sites for hydroxylation is 1. The second-order valence-corrected chi connectivity index (χ2v) is 7.21. The van der Waals surface area contributed by atoms with E-state index < -0.39 is 5.92 Å². The number of benzene rings is 2. The Morgan fingerprint density at radius 3 is 2.60 bits per heavy atom. The lowest BCUT2D eigenvalue weighted by Crippen LogP contribution is -2.28. The Bertz CT molecular complexity index is 854. The van der Waals surface area contributed by atoms with Crippen LogP contribution in [0.15, 0.2) is 36.4 Å². The minimum absolute atomic E-state index is 0.119. The van der Waals surface area contributed by atoms with Gasteiger partial charge in [0.25, 0.3) is 0 Å². The summed E-state index contributed by atoms with van der Waals surface area (Å²) in [5.41, 5.74) is 2.05. The normalized spacial score (nSPS) is 17.0. The Morgan fingerprint density at radius 1 is 1.12 bits per heavy atom. The van der Waals surface area contributed by atoms with Gasteiger partial charge in [-0.05, 0) is 42.8 Å². The van der Waals surface area contributed by atoms with Crippen molar-refractivity contribution in [2.24, 2.45) is 5.92 Å². The highest BCUT2D eigenvalue weighted by atomic mass is 35.5. The van der Waals surface area contributed by atoms with E-state index in [0.717, 1.165) is 5.56 Å². The van der Waals surface area contributed by atoms with Crippen LogP contribution in [0.5, 0.6) is 0 Å². The van der Waals surface area contributed by atoms with E-state index in [4.69, 9.17) is 34.8 Å². The van der Waals surface area contributed by atoms with Gasteiger partial charge in [-0.2, -0.15) is 0 Å². The lowest BCUT2D eigenvalue weighted by Gasteiger charge is -2.18. The molecule has 1 aliphatic heterocycles. The smallest absolute Gasteiger partial charge is 0.229 e. The molecule has 25 heavy (non-hydrogen) atoms. The predicted molar refractivity (Wildman–Crippen MR) is 102 cm³/mol. The first kappa shape index (κ1) is 18.1. The van der Waals surface area contributed by atoms with Crippen LogP contribution in [0.4, 0.5) is 11.4 Å². The highest BCUT2D eigenvalue weighted by Crippen LogP contribution is 2.33. The van der Waals surface area contributed by atoms with Crippen molar-refractivity contribution in [2.75, 3.05) is 16.8 Å². The molecule has 0 saturated carbocycles. The van der Waals surface area contributed by atoms with Crippen molar-refractivity contribution in [2.45, 2.75) is 13.3 Å². The van der Waals surface area contributed by atoms with E-state index in [-0.39, 0.29) is 24.8 Å². The van der Waals surface area contributed by atoms with Crippen molar-refractivity contribution < 1.29 is 9.59 Å².